The third kappa shape index (κ3) is 4.12. The molecule has 0 saturated carbocycles. The highest BCUT2D eigenvalue weighted by Crippen LogP contribution is 2.20. The summed E-state index contributed by atoms with van der Waals surface area (Å²) in [5, 5.41) is 8.71. The molecular formula is C11H15N5O2. The summed E-state index contributed by atoms with van der Waals surface area (Å²) in [4.78, 5) is 18.2. The maximum atomic E-state index is 10.6. The monoisotopic (exact) mass is 249 g/mol. The first-order chi connectivity index (χ1) is 8.38. The Morgan fingerprint density at radius 1 is 1.33 bits per heavy atom. The highest BCUT2D eigenvalue weighted by molar-refractivity contribution is 5.93. The van der Waals surface area contributed by atoms with Gasteiger partial charge in [0.05, 0.1) is 12.1 Å². The van der Waals surface area contributed by atoms with E-state index in [0.717, 1.165) is 5.56 Å². The number of nitrogens with two attached hydrogens (primary N) is 3. The average Bonchev–Trinajstić information content (AvgIpc) is 2.21. The lowest BCUT2D eigenvalue weighted by molar-refractivity contribution is -0.136. The zero-order chi connectivity index (χ0) is 13.7. The number of nitrogens with zero attached hydrogens (tertiary/aromatic N) is 2. The quantitative estimate of drug-likeness (QED) is 0.435. The molecule has 0 spiro atoms. The molecule has 0 aliphatic carbocycles. The molecule has 0 aromatic heterocycles. The fourth-order valence-electron chi connectivity index (χ4n) is 1.34. The molecule has 18 heavy (non-hydrogen) atoms. The fraction of sp³-hybridized carbons (Fsp3) is 0.182. The van der Waals surface area contributed by atoms with Gasteiger partial charge in [-0.1, -0.05) is 12.1 Å². The van der Waals surface area contributed by atoms with Crippen LogP contribution in [0.2, 0.25) is 0 Å². The van der Waals surface area contributed by atoms with E-state index in [0.29, 0.717) is 11.3 Å². The standard InChI is InChI=1S/C11H15N5O2/c1-6-2-3-7(5-9(17)18)4-8(6)15-11(14)16-10(12)13/h2-4H,5H2,1H3,(H,17,18)(H6,12,13,14,15,16). The van der Waals surface area contributed by atoms with E-state index in [9.17, 15) is 4.79 Å². The van der Waals surface area contributed by atoms with Crippen LogP contribution in [0.4, 0.5) is 5.69 Å². The van der Waals surface area contributed by atoms with Crippen LogP contribution in [-0.4, -0.2) is 23.0 Å². The molecule has 0 amide bonds. The van der Waals surface area contributed by atoms with Gasteiger partial charge in [0.25, 0.3) is 0 Å². The van der Waals surface area contributed by atoms with Gasteiger partial charge in [-0.25, -0.2) is 4.99 Å². The van der Waals surface area contributed by atoms with Crippen LogP contribution in [0.3, 0.4) is 0 Å². The summed E-state index contributed by atoms with van der Waals surface area (Å²) in [6.07, 6.45) is -0.0784. The van der Waals surface area contributed by atoms with Gasteiger partial charge in [-0.15, -0.1) is 0 Å². The molecule has 0 aliphatic heterocycles. The molecule has 96 valence electrons. The lowest BCUT2D eigenvalue weighted by atomic mass is 10.1. The smallest absolute Gasteiger partial charge is 0.307 e. The van der Waals surface area contributed by atoms with Crippen LogP contribution in [0, 0.1) is 6.92 Å². The largest absolute Gasteiger partial charge is 0.481 e. The molecule has 0 atom stereocenters. The molecule has 1 aromatic rings. The Morgan fingerprint density at radius 3 is 2.56 bits per heavy atom. The van der Waals surface area contributed by atoms with Crippen LogP contribution >= 0.6 is 0 Å². The Kier molecular flexibility index (Phi) is 4.25. The van der Waals surface area contributed by atoms with Crippen LogP contribution in [0.5, 0.6) is 0 Å². The van der Waals surface area contributed by atoms with Crippen molar-refractivity contribution in [2.24, 2.45) is 27.2 Å². The van der Waals surface area contributed by atoms with Crippen molar-refractivity contribution in [2.75, 3.05) is 0 Å². The van der Waals surface area contributed by atoms with Crippen molar-refractivity contribution in [2.45, 2.75) is 13.3 Å². The SMILES string of the molecule is Cc1ccc(CC(=O)O)cc1N=C(N)N=C(N)N. The van der Waals surface area contributed by atoms with E-state index in [4.69, 9.17) is 22.3 Å². The second-order valence-corrected chi connectivity index (χ2v) is 3.70. The van der Waals surface area contributed by atoms with Crippen LogP contribution < -0.4 is 17.2 Å². The van der Waals surface area contributed by atoms with Crippen molar-refractivity contribution < 1.29 is 9.90 Å². The molecule has 0 heterocycles. The van der Waals surface area contributed by atoms with E-state index in [1.807, 2.05) is 6.92 Å². The summed E-state index contributed by atoms with van der Waals surface area (Å²) in [6, 6.07) is 5.12. The fourth-order valence-corrected chi connectivity index (χ4v) is 1.34. The number of guanidine groups is 2. The van der Waals surface area contributed by atoms with Gasteiger partial charge < -0.3 is 22.3 Å². The average molecular weight is 249 g/mol. The Hall–Kier alpha value is -2.57. The summed E-state index contributed by atoms with van der Waals surface area (Å²) >= 11 is 0. The second kappa shape index (κ2) is 5.67. The first-order valence-electron chi connectivity index (χ1n) is 5.13. The first kappa shape index (κ1) is 13.5. The molecule has 0 unspecified atom stereocenters. The van der Waals surface area contributed by atoms with E-state index in [1.165, 1.54) is 0 Å². The second-order valence-electron chi connectivity index (χ2n) is 3.70. The third-order valence-electron chi connectivity index (χ3n) is 2.11. The third-order valence-corrected chi connectivity index (χ3v) is 2.11. The Balaban J connectivity index is 3.08. The minimum atomic E-state index is -0.911. The molecule has 1 aromatic carbocycles. The zero-order valence-corrected chi connectivity index (χ0v) is 9.92. The van der Waals surface area contributed by atoms with E-state index >= 15 is 0 Å². The van der Waals surface area contributed by atoms with Crippen molar-refractivity contribution in [3.05, 3.63) is 29.3 Å². The number of carboxylic acid groups (broad SMARTS) is 1. The minimum Gasteiger partial charge on any atom is -0.481 e. The van der Waals surface area contributed by atoms with Gasteiger partial charge in [0.2, 0.25) is 5.96 Å². The normalized spacial score (nSPS) is 11.1. The number of benzene rings is 1. The van der Waals surface area contributed by atoms with Gasteiger partial charge in [-0.2, -0.15) is 4.99 Å². The van der Waals surface area contributed by atoms with Gasteiger partial charge in [0.15, 0.2) is 5.96 Å². The van der Waals surface area contributed by atoms with Gasteiger partial charge in [0.1, 0.15) is 0 Å². The predicted octanol–water partition coefficient (Wildman–Crippen LogP) is -0.158. The highest BCUT2D eigenvalue weighted by atomic mass is 16.4. The van der Waals surface area contributed by atoms with Crippen molar-refractivity contribution in [3.63, 3.8) is 0 Å². The number of aliphatic imine (C=N–C) groups is 2. The number of hydrogen-bond donors (Lipinski definition) is 4. The summed E-state index contributed by atoms with van der Waals surface area (Å²) in [5.41, 5.74) is 17.9. The molecule has 0 saturated heterocycles. The van der Waals surface area contributed by atoms with Crippen molar-refractivity contribution in [3.8, 4) is 0 Å². The lowest BCUT2D eigenvalue weighted by Crippen LogP contribution is -2.26. The van der Waals surface area contributed by atoms with E-state index in [2.05, 4.69) is 9.98 Å². The van der Waals surface area contributed by atoms with Crippen LogP contribution in [0.25, 0.3) is 0 Å². The van der Waals surface area contributed by atoms with Gasteiger partial charge in [-0.3, -0.25) is 4.79 Å². The van der Waals surface area contributed by atoms with E-state index < -0.39 is 5.97 Å². The number of aliphatic carboxylic acids is 1. The van der Waals surface area contributed by atoms with Gasteiger partial charge in [-0.05, 0) is 24.1 Å². The van der Waals surface area contributed by atoms with Gasteiger partial charge in [0, 0.05) is 0 Å². The summed E-state index contributed by atoms with van der Waals surface area (Å²) in [7, 11) is 0. The number of carboxylic acids is 1. The maximum Gasteiger partial charge on any atom is 0.307 e. The molecule has 7 nitrogen and oxygen atoms in total. The molecule has 0 radical (unpaired) electrons. The molecule has 0 fully saturated rings. The summed E-state index contributed by atoms with van der Waals surface area (Å²) in [5.74, 6) is -1.17. The highest BCUT2D eigenvalue weighted by Gasteiger charge is 2.04. The number of carbonyl (C=O) groups is 1. The number of rotatable bonds is 3. The molecule has 7 N–H and O–H groups in total. The Labute approximate surface area is 104 Å². The van der Waals surface area contributed by atoms with Crippen molar-refractivity contribution >= 4 is 23.6 Å². The van der Waals surface area contributed by atoms with Crippen LogP contribution in [-0.2, 0) is 11.2 Å². The summed E-state index contributed by atoms with van der Waals surface area (Å²) in [6.45, 7) is 1.83. The molecule has 1 rings (SSSR count). The van der Waals surface area contributed by atoms with Gasteiger partial charge >= 0.3 is 5.97 Å². The number of hydrogen-bond acceptors (Lipinski definition) is 2. The first-order valence-corrected chi connectivity index (χ1v) is 5.13. The van der Waals surface area contributed by atoms with Crippen molar-refractivity contribution in [1.29, 1.82) is 0 Å². The van der Waals surface area contributed by atoms with Crippen molar-refractivity contribution in [1.82, 2.24) is 0 Å². The molecule has 0 aliphatic rings. The number of aryl methyl sites for hydroxylation is 1. The predicted molar refractivity (Wildman–Crippen MR) is 69.6 cm³/mol. The Morgan fingerprint density at radius 2 is 2.00 bits per heavy atom. The zero-order valence-electron chi connectivity index (χ0n) is 9.92. The van der Waals surface area contributed by atoms with E-state index in [-0.39, 0.29) is 18.3 Å². The topological polar surface area (TPSA) is 140 Å². The molecular weight excluding hydrogens is 234 g/mol. The maximum absolute atomic E-state index is 10.6. The van der Waals surface area contributed by atoms with Crippen LogP contribution in [0.1, 0.15) is 11.1 Å². The summed E-state index contributed by atoms with van der Waals surface area (Å²) < 4.78 is 0. The minimum absolute atomic E-state index is 0.0782. The van der Waals surface area contributed by atoms with Crippen LogP contribution in [0.15, 0.2) is 28.2 Å². The lowest BCUT2D eigenvalue weighted by Gasteiger charge is -2.04. The molecule has 7 heteroatoms. The van der Waals surface area contributed by atoms with E-state index in [1.54, 1.807) is 18.2 Å². The molecule has 0 bridgehead atoms. The Bertz CT molecular complexity index is 518.